The monoisotopic (exact) mass is 283 g/mol. The number of fused-ring (bicyclic) bond motifs is 1. The fourth-order valence-electron chi connectivity index (χ4n) is 3.20. The van der Waals surface area contributed by atoms with Crippen molar-refractivity contribution in [1.82, 2.24) is 10.3 Å². The van der Waals surface area contributed by atoms with Crippen molar-refractivity contribution in [3.8, 4) is 0 Å². The maximum atomic E-state index is 13.9. The van der Waals surface area contributed by atoms with Gasteiger partial charge < -0.3 is 4.74 Å². The molecule has 3 N–H and O–H groups in total. The highest BCUT2D eigenvalue weighted by molar-refractivity contribution is 5.23. The average Bonchev–Trinajstić information content (AvgIpc) is 2.89. The molecule has 3 rings (SSSR count). The molecule has 0 aromatic heterocycles. The number of morpholine rings is 1. The molecule has 110 valence electrons. The number of hydrogen-bond donors (Lipinski definition) is 2. The fourth-order valence-corrected chi connectivity index (χ4v) is 3.20. The van der Waals surface area contributed by atoms with Gasteiger partial charge in [0.05, 0.1) is 18.8 Å². The van der Waals surface area contributed by atoms with Gasteiger partial charge in [0.15, 0.2) is 0 Å². The third-order valence-electron chi connectivity index (χ3n) is 4.27. The molecular formula is C14H19F2N3O. The van der Waals surface area contributed by atoms with E-state index in [0.29, 0.717) is 18.2 Å². The van der Waals surface area contributed by atoms with Crippen LogP contribution in [0.1, 0.15) is 24.4 Å². The van der Waals surface area contributed by atoms with Crippen LogP contribution in [0.5, 0.6) is 0 Å². The van der Waals surface area contributed by atoms with Crippen LogP contribution in [-0.4, -0.2) is 36.7 Å². The van der Waals surface area contributed by atoms with E-state index < -0.39 is 17.7 Å². The molecule has 3 atom stereocenters. The second-order valence-corrected chi connectivity index (χ2v) is 5.47. The van der Waals surface area contributed by atoms with E-state index in [-0.39, 0.29) is 6.10 Å². The van der Waals surface area contributed by atoms with E-state index in [1.165, 1.54) is 18.6 Å². The van der Waals surface area contributed by atoms with Gasteiger partial charge in [-0.15, -0.1) is 0 Å². The smallest absolute Gasteiger partial charge is 0.131 e. The van der Waals surface area contributed by atoms with Gasteiger partial charge in [-0.05, 0) is 25.5 Å². The molecule has 2 heterocycles. The minimum Gasteiger partial charge on any atom is -0.373 e. The minimum absolute atomic E-state index is 0.227. The summed E-state index contributed by atoms with van der Waals surface area (Å²) in [5, 5.41) is 0. The molecule has 0 saturated carbocycles. The lowest BCUT2D eigenvalue weighted by molar-refractivity contribution is -0.0657. The Morgan fingerprint density at radius 1 is 1.40 bits per heavy atom. The number of hydrogen-bond acceptors (Lipinski definition) is 4. The Hall–Kier alpha value is -1.08. The predicted octanol–water partition coefficient (Wildman–Crippen LogP) is 1.33. The molecule has 0 aliphatic carbocycles. The van der Waals surface area contributed by atoms with Crippen LogP contribution in [-0.2, 0) is 4.74 Å². The molecule has 1 aromatic carbocycles. The van der Waals surface area contributed by atoms with Crippen LogP contribution in [0.25, 0.3) is 0 Å². The summed E-state index contributed by atoms with van der Waals surface area (Å²) in [7, 11) is 0. The zero-order chi connectivity index (χ0) is 14.1. The van der Waals surface area contributed by atoms with Crippen LogP contribution in [0.4, 0.5) is 8.78 Å². The highest BCUT2D eigenvalue weighted by atomic mass is 19.1. The van der Waals surface area contributed by atoms with E-state index in [2.05, 4.69) is 10.3 Å². The van der Waals surface area contributed by atoms with Gasteiger partial charge in [-0.25, -0.2) is 8.78 Å². The van der Waals surface area contributed by atoms with Crippen molar-refractivity contribution in [2.45, 2.75) is 31.0 Å². The summed E-state index contributed by atoms with van der Waals surface area (Å²) >= 11 is 0. The number of benzene rings is 1. The summed E-state index contributed by atoms with van der Waals surface area (Å²) in [6.45, 7) is 2.41. The first-order valence-corrected chi connectivity index (χ1v) is 6.96. The second-order valence-electron chi connectivity index (χ2n) is 5.47. The standard InChI is InChI=1S/C14H19F2N3O/c15-9-3-4-11(12(16)6-9)14(18-17)13-7-19-5-1-2-10(19)8-20-13/h3-4,6,10,13-14,18H,1-2,5,7-8,17H2. The first-order chi connectivity index (χ1) is 9.69. The Morgan fingerprint density at radius 2 is 2.25 bits per heavy atom. The molecule has 2 aliphatic heterocycles. The molecule has 0 radical (unpaired) electrons. The summed E-state index contributed by atoms with van der Waals surface area (Å²) in [5.74, 6) is 4.38. The highest BCUT2D eigenvalue weighted by Crippen LogP contribution is 2.29. The van der Waals surface area contributed by atoms with Crippen LogP contribution in [0.2, 0.25) is 0 Å². The van der Waals surface area contributed by atoms with E-state index >= 15 is 0 Å². The summed E-state index contributed by atoms with van der Waals surface area (Å²) in [6, 6.07) is 3.54. The molecule has 3 unspecified atom stereocenters. The Kier molecular flexibility index (Phi) is 3.98. The zero-order valence-electron chi connectivity index (χ0n) is 11.2. The maximum Gasteiger partial charge on any atom is 0.131 e. The lowest BCUT2D eigenvalue weighted by Gasteiger charge is -2.38. The molecule has 0 spiro atoms. The molecule has 4 nitrogen and oxygen atoms in total. The number of hydrazine groups is 1. The van der Waals surface area contributed by atoms with E-state index in [9.17, 15) is 8.78 Å². The Balaban J connectivity index is 1.79. The van der Waals surface area contributed by atoms with Crippen molar-refractivity contribution < 1.29 is 13.5 Å². The quantitative estimate of drug-likeness (QED) is 0.649. The maximum absolute atomic E-state index is 13.9. The van der Waals surface area contributed by atoms with Crippen LogP contribution >= 0.6 is 0 Å². The van der Waals surface area contributed by atoms with Gasteiger partial charge in [-0.1, -0.05) is 6.07 Å². The van der Waals surface area contributed by atoms with Crippen molar-refractivity contribution in [3.63, 3.8) is 0 Å². The van der Waals surface area contributed by atoms with E-state index in [1.54, 1.807) is 0 Å². The van der Waals surface area contributed by atoms with E-state index in [0.717, 1.165) is 25.6 Å². The van der Waals surface area contributed by atoms with Crippen molar-refractivity contribution in [2.24, 2.45) is 5.84 Å². The van der Waals surface area contributed by atoms with Gasteiger partial charge in [0.2, 0.25) is 0 Å². The molecule has 2 saturated heterocycles. The normalized spacial score (nSPS) is 28.4. The Labute approximate surface area is 116 Å². The Morgan fingerprint density at radius 3 is 3.00 bits per heavy atom. The number of nitrogens with two attached hydrogens (primary N) is 1. The number of nitrogens with zero attached hydrogens (tertiary/aromatic N) is 1. The molecule has 0 bridgehead atoms. The zero-order valence-corrected chi connectivity index (χ0v) is 11.2. The molecule has 1 aromatic rings. The highest BCUT2D eigenvalue weighted by Gasteiger charge is 2.36. The van der Waals surface area contributed by atoms with Gasteiger partial charge in [-0.3, -0.25) is 16.2 Å². The molecule has 20 heavy (non-hydrogen) atoms. The topological polar surface area (TPSA) is 50.5 Å². The lowest BCUT2D eigenvalue weighted by Crippen LogP contribution is -2.51. The van der Waals surface area contributed by atoms with Gasteiger partial charge >= 0.3 is 0 Å². The lowest BCUT2D eigenvalue weighted by atomic mass is 9.99. The van der Waals surface area contributed by atoms with Crippen LogP contribution < -0.4 is 11.3 Å². The minimum atomic E-state index is -0.597. The first kappa shape index (κ1) is 13.9. The van der Waals surface area contributed by atoms with Crippen LogP contribution in [0, 0.1) is 11.6 Å². The van der Waals surface area contributed by atoms with Crippen molar-refractivity contribution >= 4 is 0 Å². The Bertz CT molecular complexity index is 485. The van der Waals surface area contributed by atoms with Crippen LogP contribution in [0.3, 0.4) is 0 Å². The molecule has 2 aliphatic rings. The first-order valence-electron chi connectivity index (χ1n) is 6.96. The third-order valence-corrected chi connectivity index (χ3v) is 4.27. The number of ether oxygens (including phenoxy) is 1. The summed E-state index contributed by atoms with van der Waals surface area (Å²) in [6.07, 6.45) is 2.10. The van der Waals surface area contributed by atoms with E-state index in [1.807, 2.05) is 0 Å². The largest absolute Gasteiger partial charge is 0.373 e. The number of nitrogens with one attached hydrogen (secondary N) is 1. The van der Waals surface area contributed by atoms with Crippen molar-refractivity contribution in [3.05, 3.63) is 35.4 Å². The second kappa shape index (κ2) is 5.73. The molecule has 0 amide bonds. The number of rotatable bonds is 3. The average molecular weight is 283 g/mol. The number of halogens is 2. The molecule has 2 fully saturated rings. The molecular weight excluding hydrogens is 264 g/mol. The summed E-state index contributed by atoms with van der Waals surface area (Å²) < 4.78 is 32.7. The van der Waals surface area contributed by atoms with Crippen molar-refractivity contribution in [2.75, 3.05) is 19.7 Å². The predicted molar refractivity (Wildman–Crippen MR) is 70.8 cm³/mol. The fraction of sp³-hybridized carbons (Fsp3) is 0.571. The van der Waals surface area contributed by atoms with Gasteiger partial charge in [0.1, 0.15) is 11.6 Å². The third kappa shape index (κ3) is 2.56. The summed E-state index contributed by atoms with van der Waals surface area (Å²) in [5.41, 5.74) is 2.96. The van der Waals surface area contributed by atoms with E-state index in [4.69, 9.17) is 10.6 Å². The van der Waals surface area contributed by atoms with Gasteiger partial charge in [0.25, 0.3) is 0 Å². The van der Waals surface area contributed by atoms with Gasteiger partial charge in [0, 0.05) is 24.2 Å². The van der Waals surface area contributed by atoms with Crippen molar-refractivity contribution in [1.29, 1.82) is 0 Å². The molecule has 6 heteroatoms. The van der Waals surface area contributed by atoms with Gasteiger partial charge in [-0.2, -0.15) is 0 Å². The summed E-state index contributed by atoms with van der Waals surface area (Å²) in [4.78, 5) is 2.36. The van der Waals surface area contributed by atoms with Crippen LogP contribution in [0.15, 0.2) is 18.2 Å². The SMILES string of the molecule is NNC(c1ccc(F)cc1F)C1CN2CCCC2CO1.